The summed E-state index contributed by atoms with van der Waals surface area (Å²) in [6.45, 7) is 7.37. The van der Waals surface area contributed by atoms with Crippen molar-refractivity contribution < 1.29 is 4.21 Å². The van der Waals surface area contributed by atoms with Crippen LogP contribution in [0, 0.1) is 12.8 Å². The van der Waals surface area contributed by atoms with Crippen LogP contribution in [0.5, 0.6) is 0 Å². The van der Waals surface area contributed by atoms with Gasteiger partial charge in [0.05, 0.1) is 10.9 Å². The first-order valence-electron chi connectivity index (χ1n) is 9.39. The second-order valence-corrected chi connectivity index (χ2v) is 9.10. The number of aryl methyl sites for hydroxylation is 1. The minimum atomic E-state index is -1.14. The normalized spacial score (nSPS) is 19.0. The number of nitrogens with one attached hydrogen (secondary N) is 1. The Morgan fingerprint density at radius 2 is 1.88 bits per heavy atom. The highest BCUT2D eigenvalue weighted by molar-refractivity contribution is 7.82. The van der Waals surface area contributed by atoms with E-state index >= 15 is 0 Å². The Bertz CT molecular complexity index is 942. The summed E-state index contributed by atoms with van der Waals surface area (Å²) in [5, 5.41) is 1.32. The molecule has 0 fully saturated rings. The van der Waals surface area contributed by atoms with E-state index in [1.165, 1.54) is 27.7 Å². The van der Waals surface area contributed by atoms with Crippen LogP contribution in [-0.2, 0) is 17.4 Å². The van der Waals surface area contributed by atoms with Crippen molar-refractivity contribution in [3.05, 3.63) is 65.4 Å². The predicted octanol–water partition coefficient (Wildman–Crippen LogP) is 5.14. The topological polar surface area (TPSA) is 36.1 Å². The quantitative estimate of drug-likeness (QED) is 0.681. The Morgan fingerprint density at radius 3 is 2.62 bits per heavy atom. The van der Waals surface area contributed by atoms with E-state index in [-0.39, 0.29) is 6.04 Å². The molecule has 0 aliphatic carbocycles. The number of aromatic nitrogens is 1. The third-order valence-corrected chi connectivity index (χ3v) is 6.78. The Kier molecular flexibility index (Phi) is 4.72. The maximum atomic E-state index is 13.4. The molecule has 2 atom stereocenters. The first-order valence-corrected chi connectivity index (χ1v) is 10.5. The molecule has 0 radical (unpaired) electrons. The fourth-order valence-electron chi connectivity index (χ4n) is 3.97. The van der Waals surface area contributed by atoms with Gasteiger partial charge in [0.2, 0.25) is 0 Å². The molecule has 3 aromatic rings. The highest BCUT2D eigenvalue weighted by atomic mass is 32.2. The van der Waals surface area contributed by atoms with Crippen molar-refractivity contribution in [1.29, 1.82) is 0 Å². The number of para-hydroxylation sites is 1. The van der Waals surface area contributed by atoms with Crippen molar-refractivity contribution in [3.8, 4) is 0 Å². The first-order chi connectivity index (χ1) is 12.5. The average molecular weight is 367 g/mol. The zero-order valence-corrected chi connectivity index (χ0v) is 16.5. The lowest BCUT2D eigenvalue weighted by Crippen LogP contribution is -2.37. The summed E-state index contributed by atoms with van der Waals surface area (Å²) in [4.78, 5) is 4.53. The van der Waals surface area contributed by atoms with Gasteiger partial charge in [-0.05, 0) is 49.4 Å². The molecule has 4 rings (SSSR count). The van der Waals surface area contributed by atoms with E-state index in [1.54, 1.807) is 0 Å². The monoisotopic (exact) mass is 366 g/mol. The summed E-state index contributed by atoms with van der Waals surface area (Å²) >= 11 is 0. The largest absolute Gasteiger partial charge is 0.357 e. The molecule has 1 N–H and O–H groups in total. The van der Waals surface area contributed by atoms with Crippen LogP contribution in [0.15, 0.2) is 53.4 Å². The molecule has 136 valence electrons. The summed E-state index contributed by atoms with van der Waals surface area (Å²) in [7, 11) is -1.14. The second kappa shape index (κ2) is 7.01. The zero-order valence-electron chi connectivity index (χ0n) is 15.7. The number of fused-ring (bicyclic) bond motifs is 3. The number of benzene rings is 2. The van der Waals surface area contributed by atoms with E-state index in [2.05, 4.69) is 54.3 Å². The lowest BCUT2D eigenvalue weighted by atomic mass is 9.93. The van der Waals surface area contributed by atoms with Gasteiger partial charge >= 0.3 is 0 Å². The van der Waals surface area contributed by atoms with Crippen LogP contribution in [0.1, 0.15) is 43.1 Å². The van der Waals surface area contributed by atoms with Gasteiger partial charge in [0.25, 0.3) is 0 Å². The van der Waals surface area contributed by atoms with Gasteiger partial charge < -0.3 is 4.98 Å². The Morgan fingerprint density at radius 1 is 1.15 bits per heavy atom. The molecule has 2 aromatic carbocycles. The van der Waals surface area contributed by atoms with Gasteiger partial charge in [-0.1, -0.05) is 49.7 Å². The lowest BCUT2D eigenvalue weighted by Gasteiger charge is -2.35. The van der Waals surface area contributed by atoms with E-state index in [0.717, 1.165) is 24.3 Å². The molecule has 0 bridgehead atoms. The molecule has 2 unspecified atom stereocenters. The number of hydrogen-bond donors (Lipinski definition) is 1. The lowest BCUT2D eigenvalue weighted by molar-refractivity contribution is 0.279. The third kappa shape index (κ3) is 3.12. The SMILES string of the molecule is Cc1ccc(S(=O)N2CCc3c([nH]c4ccccc34)C2CC(C)C)cc1. The van der Waals surface area contributed by atoms with Gasteiger partial charge in [0.1, 0.15) is 11.0 Å². The third-order valence-electron chi connectivity index (χ3n) is 5.24. The molecule has 26 heavy (non-hydrogen) atoms. The summed E-state index contributed by atoms with van der Waals surface area (Å²) in [5.74, 6) is 0.537. The Hall–Kier alpha value is -1.91. The number of hydrogen-bond acceptors (Lipinski definition) is 1. The predicted molar refractivity (Wildman–Crippen MR) is 108 cm³/mol. The second-order valence-electron chi connectivity index (χ2n) is 7.66. The first kappa shape index (κ1) is 17.5. The van der Waals surface area contributed by atoms with Crippen LogP contribution in [0.4, 0.5) is 0 Å². The van der Waals surface area contributed by atoms with Crippen molar-refractivity contribution in [2.75, 3.05) is 6.54 Å². The van der Waals surface area contributed by atoms with E-state index < -0.39 is 11.0 Å². The number of aromatic amines is 1. The summed E-state index contributed by atoms with van der Waals surface area (Å²) in [5.41, 5.74) is 5.05. The molecule has 1 aliphatic heterocycles. The summed E-state index contributed by atoms with van der Waals surface area (Å²) < 4.78 is 15.5. The number of nitrogens with zero attached hydrogens (tertiary/aromatic N) is 1. The van der Waals surface area contributed by atoms with Crippen LogP contribution < -0.4 is 0 Å². The highest BCUT2D eigenvalue weighted by Gasteiger charge is 2.34. The van der Waals surface area contributed by atoms with Crippen molar-refractivity contribution >= 4 is 21.9 Å². The van der Waals surface area contributed by atoms with E-state index in [9.17, 15) is 4.21 Å². The van der Waals surface area contributed by atoms with Gasteiger partial charge in [0, 0.05) is 23.1 Å². The minimum Gasteiger partial charge on any atom is -0.357 e. The molecule has 2 heterocycles. The fourth-order valence-corrected chi connectivity index (χ4v) is 5.29. The molecule has 1 aromatic heterocycles. The molecule has 0 spiro atoms. The zero-order chi connectivity index (χ0) is 18.3. The molecule has 1 aliphatic rings. The number of H-pyrrole nitrogens is 1. The molecule has 4 heteroatoms. The summed E-state index contributed by atoms with van der Waals surface area (Å²) in [6.07, 6.45) is 1.93. The van der Waals surface area contributed by atoms with Crippen LogP contribution >= 0.6 is 0 Å². The maximum Gasteiger partial charge on any atom is 0.128 e. The van der Waals surface area contributed by atoms with Gasteiger partial charge in [-0.3, -0.25) is 0 Å². The maximum absolute atomic E-state index is 13.4. The van der Waals surface area contributed by atoms with Crippen LogP contribution in [-0.4, -0.2) is 20.0 Å². The van der Waals surface area contributed by atoms with E-state index in [0.29, 0.717) is 5.92 Å². The van der Waals surface area contributed by atoms with E-state index in [4.69, 9.17) is 0 Å². The average Bonchev–Trinajstić information content (AvgIpc) is 3.01. The van der Waals surface area contributed by atoms with Gasteiger partial charge in [-0.15, -0.1) is 0 Å². The Balaban J connectivity index is 1.75. The highest BCUT2D eigenvalue weighted by Crippen LogP contribution is 2.39. The van der Waals surface area contributed by atoms with Crippen LogP contribution in [0.2, 0.25) is 0 Å². The molecule has 3 nitrogen and oxygen atoms in total. The molecular formula is C22H26N2OS. The van der Waals surface area contributed by atoms with Gasteiger partial charge in [-0.2, -0.15) is 0 Å². The molecule has 0 amide bonds. The van der Waals surface area contributed by atoms with Crippen molar-refractivity contribution in [3.63, 3.8) is 0 Å². The number of rotatable bonds is 4. The van der Waals surface area contributed by atoms with E-state index in [1.807, 2.05) is 24.3 Å². The fraction of sp³-hybridized carbons (Fsp3) is 0.364. The molecular weight excluding hydrogens is 340 g/mol. The smallest absolute Gasteiger partial charge is 0.128 e. The van der Waals surface area contributed by atoms with Crippen molar-refractivity contribution in [2.45, 2.75) is 44.6 Å². The van der Waals surface area contributed by atoms with Crippen LogP contribution in [0.25, 0.3) is 10.9 Å². The minimum absolute atomic E-state index is 0.160. The Labute approximate surface area is 158 Å². The van der Waals surface area contributed by atoms with Crippen molar-refractivity contribution in [2.24, 2.45) is 5.92 Å². The van der Waals surface area contributed by atoms with Gasteiger partial charge in [0.15, 0.2) is 0 Å². The molecule has 0 saturated heterocycles. The summed E-state index contributed by atoms with van der Waals surface area (Å²) in [6, 6.07) is 16.8. The molecule has 0 saturated carbocycles. The standard InChI is InChI=1S/C22H26N2OS/c1-15(2)14-21-22-19(18-6-4-5-7-20(18)23-22)12-13-24(21)26(25)17-10-8-16(3)9-11-17/h4-11,15,21,23H,12-14H2,1-3H3. The van der Waals surface area contributed by atoms with Gasteiger partial charge in [-0.25, -0.2) is 8.51 Å². The van der Waals surface area contributed by atoms with Crippen LogP contribution in [0.3, 0.4) is 0 Å². The van der Waals surface area contributed by atoms with Crippen molar-refractivity contribution in [1.82, 2.24) is 9.29 Å².